The highest BCUT2D eigenvalue weighted by Gasteiger charge is 2.63. The summed E-state index contributed by atoms with van der Waals surface area (Å²) in [5.74, 6) is -2.61. The van der Waals surface area contributed by atoms with E-state index < -0.39 is 11.6 Å². The molecule has 152 valence electrons. The van der Waals surface area contributed by atoms with Gasteiger partial charge >= 0.3 is 0 Å². The van der Waals surface area contributed by atoms with E-state index in [1.54, 1.807) is 13.8 Å². The fraction of sp³-hybridized carbons (Fsp3) is 0.364. The molecule has 2 aromatic rings. The van der Waals surface area contributed by atoms with Crippen molar-refractivity contribution in [2.45, 2.75) is 37.6 Å². The van der Waals surface area contributed by atoms with Gasteiger partial charge in [-0.15, -0.1) is 0 Å². The Morgan fingerprint density at radius 2 is 1.10 bits per heavy atom. The highest BCUT2D eigenvalue weighted by atomic mass is 32.1. The van der Waals surface area contributed by atoms with Crippen LogP contribution in [0, 0.1) is 0 Å². The molecule has 0 saturated carbocycles. The minimum atomic E-state index is -1.31. The zero-order chi connectivity index (χ0) is 20.5. The lowest BCUT2D eigenvalue weighted by molar-refractivity contribution is -0.346. The predicted molar refractivity (Wildman–Crippen MR) is 116 cm³/mol. The summed E-state index contributed by atoms with van der Waals surface area (Å²) in [6.45, 7) is 4.37. The zero-order valence-electron chi connectivity index (χ0n) is 16.2. The molecule has 2 fully saturated rings. The Bertz CT molecular complexity index is 809. The first-order valence-electron chi connectivity index (χ1n) is 9.40. The van der Waals surface area contributed by atoms with Crippen molar-refractivity contribution in [1.29, 1.82) is 0 Å². The van der Waals surface area contributed by atoms with E-state index >= 15 is 0 Å². The molecule has 0 aromatic heterocycles. The van der Waals surface area contributed by atoms with Gasteiger partial charge in [-0.3, -0.25) is 4.74 Å². The average molecular weight is 431 g/mol. The summed E-state index contributed by atoms with van der Waals surface area (Å²) in [4.78, 5) is 0. The van der Waals surface area contributed by atoms with E-state index in [1.807, 2.05) is 60.7 Å². The zero-order valence-corrected chi connectivity index (χ0v) is 17.8. The maximum Gasteiger partial charge on any atom is 0.270 e. The van der Waals surface area contributed by atoms with Crippen LogP contribution in [0.5, 0.6) is 0 Å². The molecule has 0 radical (unpaired) electrons. The Labute approximate surface area is 180 Å². The number of ether oxygens (including phenoxy) is 5. The van der Waals surface area contributed by atoms with Gasteiger partial charge < -0.3 is 18.9 Å². The maximum absolute atomic E-state index is 6.80. The number of benzene rings is 2. The summed E-state index contributed by atoms with van der Waals surface area (Å²) >= 11 is 10.6. The van der Waals surface area contributed by atoms with E-state index in [9.17, 15) is 0 Å². The molecule has 7 heteroatoms. The van der Waals surface area contributed by atoms with Gasteiger partial charge in [0.25, 0.3) is 11.6 Å². The average Bonchev–Trinajstić information content (AvgIpc) is 3.59. The van der Waals surface area contributed by atoms with Crippen LogP contribution in [0.25, 0.3) is 0 Å². The molecule has 2 aliphatic heterocycles. The summed E-state index contributed by atoms with van der Waals surface area (Å²) in [5, 5.41) is 0.671. The first-order chi connectivity index (χ1) is 14.0. The van der Waals surface area contributed by atoms with Crippen molar-refractivity contribution < 1.29 is 23.7 Å². The van der Waals surface area contributed by atoms with Gasteiger partial charge in [0.2, 0.25) is 0 Å². The van der Waals surface area contributed by atoms with Gasteiger partial charge in [0, 0.05) is 25.0 Å². The molecule has 0 amide bonds. The SMILES string of the molecule is CC(=S)OC(OC(OC(C)=S)(c1ccccc1)C1CO1)(c1ccccc1)C1CO1. The summed E-state index contributed by atoms with van der Waals surface area (Å²) < 4.78 is 30.5. The number of hydrogen-bond donors (Lipinski definition) is 0. The van der Waals surface area contributed by atoms with Gasteiger partial charge in [0.15, 0.2) is 22.3 Å². The van der Waals surface area contributed by atoms with Crippen LogP contribution in [0.1, 0.15) is 25.0 Å². The molecule has 4 unspecified atom stereocenters. The summed E-state index contributed by atoms with van der Waals surface area (Å²) in [7, 11) is 0. The molecule has 2 aromatic carbocycles. The predicted octanol–water partition coefficient (Wildman–Crippen LogP) is 4.23. The van der Waals surface area contributed by atoms with E-state index in [-0.39, 0.29) is 12.2 Å². The van der Waals surface area contributed by atoms with E-state index in [1.165, 1.54) is 0 Å². The number of thiocarbonyl (C=S) groups is 2. The number of epoxide rings is 2. The third kappa shape index (κ3) is 4.20. The van der Waals surface area contributed by atoms with Crippen LogP contribution in [-0.2, 0) is 35.3 Å². The van der Waals surface area contributed by atoms with E-state index in [2.05, 4.69) is 0 Å². The Balaban J connectivity index is 1.87. The van der Waals surface area contributed by atoms with E-state index in [0.29, 0.717) is 23.3 Å². The van der Waals surface area contributed by atoms with Crippen molar-refractivity contribution in [2.24, 2.45) is 0 Å². The normalized spacial score (nSPS) is 23.9. The van der Waals surface area contributed by atoms with Gasteiger partial charge in [-0.1, -0.05) is 60.7 Å². The van der Waals surface area contributed by atoms with Crippen molar-refractivity contribution in [3.63, 3.8) is 0 Å². The maximum atomic E-state index is 6.80. The van der Waals surface area contributed by atoms with Crippen LogP contribution >= 0.6 is 24.4 Å². The molecule has 0 aliphatic carbocycles. The van der Waals surface area contributed by atoms with E-state index in [4.69, 9.17) is 48.1 Å². The third-order valence-corrected chi connectivity index (χ3v) is 4.93. The van der Waals surface area contributed by atoms with Gasteiger partial charge in [-0.05, 0) is 24.4 Å². The lowest BCUT2D eigenvalue weighted by Gasteiger charge is -2.42. The first-order valence-corrected chi connectivity index (χ1v) is 10.2. The molecule has 5 nitrogen and oxygen atoms in total. The fourth-order valence-electron chi connectivity index (χ4n) is 3.44. The second-order valence-electron chi connectivity index (χ2n) is 7.00. The third-order valence-electron chi connectivity index (χ3n) is 4.76. The van der Waals surface area contributed by atoms with Gasteiger partial charge in [-0.2, -0.15) is 0 Å². The fourth-order valence-corrected chi connectivity index (χ4v) is 3.69. The highest BCUT2D eigenvalue weighted by molar-refractivity contribution is 7.80. The molecule has 4 atom stereocenters. The first kappa shape index (κ1) is 20.4. The van der Waals surface area contributed by atoms with Crippen molar-refractivity contribution in [2.75, 3.05) is 13.2 Å². The lowest BCUT2D eigenvalue weighted by atomic mass is 9.98. The van der Waals surface area contributed by atoms with Gasteiger partial charge in [0.1, 0.15) is 0 Å². The van der Waals surface area contributed by atoms with Gasteiger partial charge in [-0.25, -0.2) is 0 Å². The van der Waals surface area contributed by atoms with Crippen LogP contribution in [0.15, 0.2) is 60.7 Å². The molecule has 0 spiro atoms. The Morgan fingerprint density at radius 1 is 0.759 bits per heavy atom. The monoisotopic (exact) mass is 430 g/mol. The van der Waals surface area contributed by atoms with Crippen LogP contribution in [0.3, 0.4) is 0 Å². The Hall–Kier alpha value is -1.90. The molecule has 0 bridgehead atoms. The molecule has 2 saturated heterocycles. The topological polar surface area (TPSA) is 52.8 Å². The Kier molecular flexibility index (Phi) is 5.68. The molecule has 29 heavy (non-hydrogen) atoms. The molecular weight excluding hydrogens is 408 g/mol. The standard InChI is InChI=1S/C22H22O5S2/c1-15(28)25-21(19-13-23-19,17-9-5-3-6-10-17)27-22(20-14-24-20,26-16(2)29)18-11-7-4-8-12-18/h3-12,19-20H,13-14H2,1-2H3. The molecule has 4 rings (SSSR count). The lowest BCUT2D eigenvalue weighted by Crippen LogP contribution is -2.51. The van der Waals surface area contributed by atoms with Crippen molar-refractivity contribution in [3.05, 3.63) is 71.8 Å². The smallest absolute Gasteiger partial charge is 0.270 e. The molecule has 2 aliphatic rings. The molecule has 2 heterocycles. The van der Waals surface area contributed by atoms with Crippen LogP contribution in [0.4, 0.5) is 0 Å². The van der Waals surface area contributed by atoms with Crippen LogP contribution in [0.2, 0.25) is 0 Å². The van der Waals surface area contributed by atoms with Crippen LogP contribution < -0.4 is 0 Å². The minimum absolute atomic E-state index is 0.335. The van der Waals surface area contributed by atoms with Crippen molar-refractivity contribution in [1.82, 2.24) is 0 Å². The van der Waals surface area contributed by atoms with Crippen molar-refractivity contribution >= 4 is 34.5 Å². The quantitative estimate of drug-likeness (QED) is 0.353. The summed E-state index contributed by atoms with van der Waals surface area (Å²) in [6, 6.07) is 19.2. The van der Waals surface area contributed by atoms with Gasteiger partial charge in [0.05, 0.1) is 13.2 Å². The summed E-state index contributed by atoms with van der Waals surface area (Å²) in [5.41, 5.74) is 1.55. The highest BCUT2D eigenvalue weighted by Crippen LogP contribution is 2.49. The van der Waals surface area contributed by atoms with E-state index in [0.717, 1.165) is 11.1 Å². The van der Waals surface area contributed by atoms with Crippen molar-refractivity contribution in [3.8, 4) is 0 Å². The second-order valence-corrected chi connectivity index (χ2v) is 8.15. The second kappa shape index (κ2) is 8.08. The largest absolute Gasteiger partial charge is 0.449 e. The number of rotatable bonds is 8. The van der Waals surface area contributed by atoms with Crippen LogP contribution in [-0.4, -0.2) is 35.5 Å². The summed E-state index contributed by atoms with van der Waals surface area (Å²) in [6.07, 6.45) is -0.697. The Morgan fingerprint density at radius 3 is 1.38 bits per heavy atom. The molecular formula is C22H22O5S2. The minimum Gasteiger partial charge on any atom is -0.449 e. The number of hydrogen-bond acceptors (Lipinski definition) is 7. The molecule has 0 N–H and O–H groups in total.